The van der Waals surface area contributed by atoms with Gasteiger partial charge in [0.15, 0.2) is 0 Å². The highest BCUT2D eigenvalue weighted by Gasteiger charge is 2.37. The fourth-order valence-electron chi connectivity index (χ4n) is 3.44. The van der Waals surface area contributed by atoms with E-state index in [0.29, 0.717) is 11.8 Å². The van der Waals surface area contributed by atoms with E-state index in [1.807, 2.05) is 0 Å². The number of carbonyl (C=O) groups is 2. The van der Waals surface area contributed by atoms with Gasteiger partial charge in [-0.3, -0.25) is 0 Å². The van der Waals surface area contributed by atoms with Crippen LogP contribution in [0.15, 0.2) is 25.3 Å². The molecule has 0 aromatic carbocycles. The maximum absolute atomic E-state index is 11.2. The number of carbonyl (C=O) groups excluding carboxylic acids is 2. The van der Waals surface area contributed by atoms with Crippen LogP contribution >= 0.6 is 0 Å². The monoisotopic (exact) mass is 314 g/mol. The van der Waals surface area contributed by atoms with Gasteiger partial charge in [0, 0.05) is 12.2 Å². The molecular weight excluding hydrogens is 288 g/mol. The molecule has 4 unspecified atom stereocenters. The molecule has 2 aliphatic rings. The smallest absolute Gasteiger partial charge is 0.330 e. The van der Waals surface area contributed by atoms with Gasteiger partial charge in [0.1, 0.15) is 12.2 Å². The van der Waals surface area contributed by atoms with Crippen LogP contribution < -0.4 is 0 Å². The van der Waals surface area contributed by atoms with Gasteiger partial charge in [0.25, 0.3) is 0 Å². The van der Waals surface area contributed by atoms with Crippen molar-refractivity contribution in [1.29, 1.82) is 0 Å². The number of esters is 2. The van der Waals surface area contributed by atoms with Crippen molar-refractivity contribution in [2.45, 2.75) is 50.7 Å². The predicted octanol–water partition coefficient (Wildman–Crippen LogP) is 1.13. The first-order chi connectivity index (χ1) is 9.62. The second kappa shape index (κ2) is 9.38. The van der Waals surface area contributed by atoms with Gasteiger partial charge in [-0.15, -0.1) is 0 Å². The standard InChI is InChI=1S/C16H22O4.2H2O/c1-3-15(17)19-13-7-5-12-10-14(20-16(18)4-2)8-6-11(12)9-13;;/h3-4,11-14H,1-2,5-10H2;2*1H2. The number of ether oxygens (including phenoxy) is 2. The molecule has 2 fully saturated rings. The Morgan fingerprint density at radius 3 is 1.45 bits per heavy atom. The van der Waals surface area contributed by atoms with Crippen molar-refractivity contribution in [2.75, 3.05) is 0 Å². The third-order valence-corrected chi connectivity index (χ3v) is 4.42. The molecule has 2 saturated carbocycles. The molecule has 4 atom stereocenters. The van der Waals surface area contributed by atoms with E-state index in [4.69, 9.17) is 9.47 Å². The summed E-state index contributed by atoms with van der Waals surface area (Å²) in [7, 11) is 0. The van der Waals surface area contributed by atoms with E-state index in [1.165, 1.54) is 12.2 Å². The van der Waals surface area contributed by atoms with Crippen molar-refractivity contribution in [3.05, 3.63) is 25.3 Å². The zero-order chi connectivity index (χ0) is 14.5. The van der Waals surface area contributed by atoms with Crippen molar-refractivity contribution < 1.29 is 30.0 Å². The second-order valence-electron chi connectivity index (χ2n) is 5.67. The Morgan fingerprint density at radius 1 is 0.773 bits per heavy atom. The maximum atomic E-state index is 11.2. The molecule has 22 heavy (non-hydrogen) atoms. The van der Waals surface area contributed by atoms with Gasteiger partial charge in [-0.1, -0.05) is 13.2 Å². The van der Waals surface area contributed by atoms with Crippen LogP contribution in [-0.2, 0) is 19.1 Å². The molecule has 0 heterocycles. The van der Waals surface area contributed by atoms with Crippen LogP contribution in [0, 0.1) is 11.8 Å². The molecule has 0 spiro atoms. The largest absolute Gasteiger partial charge is 0.459 e. The molecule has 4 N–H and O–H groups in total. The van der Waals surface area contributed by atoms with Gasteiger partial charge in [-0.2, -0.15) is 0 Å². The summed E-state index contributed by atoms with van der Waals surface area (Å²) in [6, 6.07) is 0. The molecular formula is C16H26O6. The zero-order valence-electron chi connectivity index (χ0n) is 12.8. The molecule has 0 saturated heterocycles. The Kier molecular flexibility index (Phi) is 8.67. The van der Waals surface area contributed by atoms with E-state index in [1.54, 1.807) is 0 Å². The van der Waals surface area contributed by atoms with Crippen LogP contribution in [0.5, 0.6) is 0 Å². The quantitative estimate of drug-likeness (QED) is 0.571. The van der Waals surface area contributed by atoms with Crippen LogP contribution in [0.25, 0.3) is 0 Å². The molecule has 0 aromatic rings. The summed E-state index contributed by atoms with van der Waals surface area (Å²) in [5.41, 5.74) is 0. The Balaban J connectivity index is 0.00000220. The Hall–Kier alpha value is -1.66. The molecule has 0 aromatic heterocycles. The van der Waals surface area contributed by atoms with Gasteiger partial charge in [-0.25, -0.2) is 9.59 Å². The van der Waals surface area contributed by atoms with Crippen molar-refractivity contribution in [2.24, 2.45) is 11.8 Å². The van der Waals surface area contributed by atoms with Crippen molar-refractivity contribution in [3.63, 3.8) is 0 Å². The number of hydrogen-bond donors (Lipinski definition) is 0. The molecule has 2 aliphatic carbocycles. The van der Waals surface area contributed by atoms with Gasteiger partial charge in [-0.05, 0) is 50.4 Å². The van der Waals surface area contributed by atoms with Gasteiger partial charge < -0.3 is 20.4 Å². The highest BCUT2D eigenvalue weighted by atomic mass is 16.5. The van der Waals surface area contributed by atoms with E-state index in [-0.39, 0.29) is 35.1 Å². The number of rotatable bonds is 4. The Morgan fingerprint density at radius 2 is 1.14 bits per heavy atom. The first kappa shape index (κ1) is 20.3. The maximum Gasteiger partial charge on any atom is 0.330 e. The lowest BCUT2D eigenvalue weighted by molar-refractivity contribution is -0.151. The SMILES string of the molecule is C=CC(=O)OC1CCC2CC(OC(=O)C=C)CCC2C1.O.O. The third kappa shape index (κ3) is 5.27. The second-order valence-corrected chi connectivity index (χ2v) is 5.67. The minimum Gasteiger partial charge on any atom is -0.459 e. The van der Waals surface area contributed by atoms with Gasteiger partial charge in [0.05, 0.1) is 0 Å². The third-order valence-electron chi connectivity index (χ3n) is 4.42. The first-order valence-corrected chi connectivity index (χ1v) is 7.28. The highest BCUT2D eigenvalue weighted by molar-refractivity contribution is 5.81. The lowest BCUT2D eigenvalue weighted by Crippen LogP contribution is -2.37. The van der Waals surface area contributed by atoms with Crippen LogP contribution in [-0.4, -0.2) is 35.1 Å². The summed E-state index contributed by atoms with van der Waals surface area (Å²) in [5.74, 6) is 0.485. The van der Waals surface area contributed by atoms with E-state index in [0.717, 1.165) is 38.5 Å². The summed E-state index contributed by atoms with van der Waals surface area (Å²) >= 11 is 0. The molecule has 126 valence electrons. The lowest BCUT2D eigenvalue weighted by Gasteiger charge is -2.41. The molecule has 2 rings (SSSR count). The van der Waals surface area contributed by atoms with Crippen LogP contribution in [0.4, 0.5) is 0 Å². The Labute approximate surface area is 130 Å². The average molecular weight is 314 g/mol. The molecule has 0 amide bonds. The molecule has 6 nitrogen and oxygen atoms in total. The lowest BCUT2D eigenvalue weighted by atomic mass is 9.69. The normalized spacial score (nSPS) is 29.6. The Bertz CT molecular complexity index is 367. The van der Waals surface area contributed by atoms with Crippen LogP contribution in [0.2, 0.25) is 0 Å². The molecule has 0 bridgehead atoms. The number of fused-ring (bicyclic) bond motifs is 1. The summed E-state index contributed by atoms with van der Waals surface area (Å²) in [6.07, 6.45) is 8.17. The predicted molar refractivity (Wildman–Crippen MR) is 82.1 cm³/mol. The topological polar surface area (TPSA) is 116 Å². The summed E-state index contributed by atoms with van der Waals surface area (Å²) in [4.78, 5) is 22.5. The van der Waals surface area contributed by atoms with Crippen LogP contribution in [0.3, 0.4) is 0 Å². The molecule has 0 radical (unpaired) electrons. The first-order valence-electron chi connectivity index (χ1n) is 7.28. The van der Waals surface area contributed by atoms with Crippen LogP contribution in [0.1, 0.15) is 38.5 Å². The summed E-state index contributed by atoms with van der Waals surface area (Å²) in [6.45, 7) is 6.84. The molecule has 6 heteroatoms. The highest BCUT2D eigenvalue weighted by Crippen LogP contribution is 2.42. The van der Waals surface area contributed by atoms with Crippen molar-refractivity contribution in [3.8, 4) is 0 Å². The van der Waals surface area contributed by atoms with E-state index >= 15 is 0 Å². The summed E-state index contributed by atoms with van der Waals surface area (Å²) < 4.78 is 10.7. The van der Waals surface area contributed by atoms with Gasteiger partial charge >= 0.3 is 11.9 Å². The van der Waals surface area contributed by atoms with E-state index in [2.05, 4.69) is 13.2 Å². The zero-order valence-corrected chi connectivity index (χ0v) is 12.8. The van der Waals surface area contributed by atoms with E-state index < -0.39 is 0 Å². The van der Waals surface area contributed by atoms with Gasteiger partial charge in [0.2, 0.25) is 0 Å². The average Bonchev–Trinajstić information content (AvgIpc) is 2.47. The van der Waals surface area contributed by atoms with E-state index in [9.17, 15) is 9.59 Å². The van der Waals surface area contributed by atoms with Crippen molar-refractivity contribution >= 4 is 11.9 Å². The minimum atomic E-state index is -0.331. The minimum absolute atomic E-state index is 0. The summed E-state index contributed by atoms with van der Waals surface area (Å²) in [5, 5.41) is 0. The fraction of sp³-hybridized carbons (Fsp3) is 0.625. The van der Waals surface area contributed by atoms with Crippen molar-refractivity contribution in [1.82, 2.24) is 0 Å². The number of hydrogen-bond acceptors (Lipinski definition) is 4. The fourth-order valence-corrected chi connectivity index (χ4v) is 3.44. The molecule has 0 aliphatic heterocycles.